The molecule has 26 heavy (non-hydrogen) atoms. The molecule has 0 radical (unpaired) electrons. The van der Waals surface area contributed by atoms with Crippen LogP contribution >= 0.6 is 0 Å². The topological polar surface area (TPSA) is 48.8 Å². The van der Waals surface area contributed by atoms with E-state index in [1.54, 1.807) is 0 Å². The number of rotatable bonds is 4. The third-order valence-electron chi connectivity index (χ3n) is 6.47. The monoisotopic (exact) mass is 346 g/mol. The van der Waals surface area contributed by atoms with E-state index in [2.05, 4.69) is 31.6 Å². The molecule has 2 atom stereocenters. The number of nitrogens with zero attached hydrogens (tertiary/aromatic N) is 2. The standard InChI is InChI=1S/C22H26N4/c1-21(2)18-14-15-22(21,3)20(26-24-17-12-8-5-9-13-17)19(18)25-23-16-10-6-4-7-11-16/h4-13,18,23-24H,14-15H2,1-3H3. The van der Waals surface area contributed by atoms with Crippen LogP contribution in [0, 0.1) is 16.7 Å². The summed E-state index contributed by atoms with van der Waals surface area (Å²) >= 11 is 0. The maximum atomic E-state index is 4.83. The van der Waals surface area contributed by atoms with Crippen molar-refractivity contribution in [2.75, 3.05) is 10.9 Å². The molecule has 2 unspecified atom stereocenters. The lowest BCUT2D eigenvalue weighted by molar-refractivity contribution is 0.208. The van der Waals surface area contributed by atoms with Crippen LogP contribution in [-0.4, -0.2) is 11.4 Å². The van der Waals surface area contributed by atoms with Gasteiger partial charge in [-0.05, 0) is 42.5 Å². The molecule has 4 heteroatoms. The van der Waals surface area contributed by atoms with Crippen LogP contribution < -0.4 is 10.9 Å². The van der Waals surface area contributed by atoms with Gasteiger partial charge < -0.3 is 0 Å². The quantitative estimate of drug-likeness (QED) is 0.730. The lowest BCUT2D eigenvalue weighted by Gasteiger charge is -2.33. The molecular formula is C22H26N4. The normalized spacial score (nSPS) is 29.3. The molecule has 2 fully saturated rings. The summed E-state index contributed by atoms with van der Waals surface area (Å²) in [6.45, 7) is 7.05. The fourth-order valence-corrected chi connectivity index (χ4v) is 4.43. The van der Waals surface area contributed by atoms with Gasteiger partial charge in [-0.15, -0.1) is 0 Å². The van der Waals surface area contributed by atoms with Crippen LogP contribution in [0.4, 0.5) is 11.4 Å². The van der Waals surface area contributed by atoms with Crippen LogP contribution in [0.2, 0.25) is 0 Å². The number of fused-ring (bicyclic) bond motifs is 2. The van der Waals surface area contributed by atoms with E-state index in [1.807, 2.05) is 60.7 Å². The molecule has 2 N–H and O–H groups in total. The highest BCUT2D eigenvalue weighted by molar-refractivity contribution is 6.48. The average molecular weight is 346 g/mol. The van der Waals surface area contributed by atoms with Gasteiger partial charge in [0.05, 0.1) is 22.8 Å². The molecule has 0 saturated heterocycles. The molecular weight excluding hydrogens is 320 g/mol. The first-order valence-corrected chi connectivity index (χ1v) is 9.30. The summed E-state index contributed by atoms with van der Waals surface area (Å²) in [6, 6.07) is 20.2. The second-order valence-corrected chi connectivity index (χ2v) is 8.06. The number of nitrogens with one attached hydrogen (secondary N) is 2. The Kier molecular flexibility index (Phi) is 4.06. The van der Waals surface area contributed by atoms with Gasteiger partial charge in [-0.25, -0.2) is 0 Å². The predicted octanol–water partition coefficient (Wildman–Crippen LogP) is 5.38. The number of benzene rings is 2. The zero-order chi connectivity index (χ0) is 18.2. The fraction of sp³-hybridized carbons (Fsp3) is 0.364. The van der Waals surface area contributed by atoms with Crippen LogP contribution in [0.25, 0.3) is 0 Å². The van der Waals surface area contributed by atoms with Crippen LogP contribution in [0.15, 0.2) is 70.9 Å². The molecule has 134 valence electrons. The van der Waals surface area contributed by atoms with Crippen LogP contribution in [0.3, 0.4) is 0 Å². The van der Waals surface area contributed by atoms with Gasteiger partial charge in [0, 0.05) is 11.3 Å². The van der Waals surface area contributed by atoms with E-state index in [0.717, 1.165) is 29.2 Å². The van der Waals surface area contributed by atoms with Crippen molar-refractivity contribution in [1.82, 2.24) is 0 Å². The van der Waals surface area contributed by atoms with Crippen molar-refractivity contribution in [2.45, 2.75) is 33.6 Å². The number of para-hydroxylation sites is 2. The van der Waals surface area contributed by atoms with E-state index in [9.17, 15) is 0 Å². The van der Waals surface area contributed by atoms with E-state index in [-0.39, 0.29) is 10.8 Å². The highest BCUT2D eigenvalue weighted by Crippen LogP contribution is 2.62. The molecule has 4 nitrogen and oxygen atoms in total. The first-order chi connectivity index (χ1) is 12.5. The molecule has 2 saturated carbocycles. The second kappa shape index (κ2) is 6.27. The molecule has 0 aromatic heterocycles. The molecule has 0 aliphatic heterocycles. The summed E-state index contributed by atoms with van der Waals surface area (Å²) in [5.41, 5.74) is 10.9. The maximum Gasteiger partial charge on any atom is 0.0906 e. The number of anilines is 2. The maximum absolute atomic E-state index is 4.83. The van der Waals surface area contributed by atoms with Gasteiger partial charge in [0.1, 0.15) is 0 Å². The summed E-state index contributed by atoms with van der Waals surface area (Å²) in [7, 11) is 0. The first-order valence-electron chi connectivity index (χ1n) is 9.30. The van der Waals surface area contributed by atoms with Crippen molar-refractivity contribution in [3.8, 4) is 0 Å². The minimum Gasteiger partial charge on any atom is -0.278 e. The summed E-state index contributed by atoms with van der Waals surface area (Å²) < 4.78 is 0. The van der Waals surface area contributed by atoms with E-state index in [1.165, 1.54) is 6.42 Å². The van der Waals surface area contributed by atoms with Crippen LogP contribution in [0.5, 0.6) is 0 Å². The summed E-state index contributed by atoms with van der Waals surface area (Å²) in [4.78, 5) is 0. The minimum absolute atomic E-state index is 0.0383. The molecule has 0 spiro atoms. The molecule has 0 heterocycles. The summed E-state index contributed by atoms with van der Waals surface area (Å²) in [5.74, 6) is 0.431. The molecule has 2 aliphatic rings. The Morgan fingerprint density at radius 2 is 1.35 bits per heavy atom. The molecule has 2 aromatic rings. The largest absolute Gasteiger partial charge is 0.278 e. The first kappa shape index (κ1) is 16.8. The molecule has 2 aromatic carbocycles. The lowest BCUT2D eigenvalue weighted by atomic mass is 9.70. The van der Waals surface area contributed by atoms with E-state index in [0.29, 0.717) is 5.92 Å². The Balaban J connectivity index is 1.68. The Bertz CT molecular complexity index is 839. The van der Waals surface area contributed by atoms with Crippen molar-refractivity contribution in [3.63, 3.8) is 0 Å². The van der Waals surface area contributed by atoms with E-state index >= 15 is 0 Å². The molecule has 2 aliphatic carbocycles. The van der Waals surface area contributed by atoms with Gasteiger partial charge >= 0.3 is 0 Å². The number of hydrogen-bond donors (Lipinski definition) is 2. The van der Waals surface area contributed by atoms with Crippen molar-refractivity contribution in [1.29, 1.82) is 0 Å². The smallest absolute Gasteiger partial charge is 0.0906 e. The fourth-order valence-electron chi connectivity index (χ4n) is 4.43. The Hall–Kier alpha value is -2.62. The molecule has 2 bridgehead atoms. The highest BCUT2D eigenvalue weighted by atomic mass is 15.3. The minimum atomic E-state index is 0.0383. The highest BCUT2D eigenvalue weighted by Gasteiger charge is 2.63. The lowest BCUT2D eigenvalue weighted by Crippen LogP contribution is -2.34. The van der Waals surface area contributed by atoms with Crippen LogP contribution in [0.1, 0.15) is 33.6 Å². The third-order valence-corrected chi connectivity index (χ3v) is 6.47. The van der Waals surface area contributed by atoms with Gasteiger partial charge in [-0.2, -0.15) is 10.2 Å². The second-order valence-electron chi connectivity index (χ2n) is 8.06. The third kappa shape index (κ3) is 2.61. The van der Waals surface area contributed by atoms with Gasteiger partial charge in [-0.1, -0.05) is 57.2 Å². The zero-order valence-electron chi connectivity index (χ0n) is 15.7. The van der Waals surface area contributed by atoms with Crippen molar-refractivity contribution >= 4 is 22.8 Å². The summed E-state index contributed by atoms with van der Waals surface area (Å²) in [5, 5.41) is 9.64. The Morgan fingerprint density at radius 3 is 1.92 bits per heavy atom. The average Bonchev–Trinajstić information content (AvgIpc) is 2.98. The SMILES string of the molecule is CC12CCC(C(=NNc3ccccc3)C1=NNc1ccccc1)C2(C)C. The zero-order valence-corrected chi connectivity index (χ0v) is 15.7. The number of hydrogen-bond acceptors (Lipinski definition) is 4. The van der Waals surface area contributed by atoms with Gasteiger partial charge in [0.25, 0.3) is 0 Å². The van der Waals surface area contributed by atoms with E-state index < -0.39 is 0 Å². The molecule has 0 amide bonds. The van der Waals surface area contributed by atoms with Gasteiger partial charge in [-0.3, -0.25) is 10.9 Å². The van der Waals surface area contributed by atoms with Crippen LogP contribution in [-0.2, 0) is 0 Å². The van der Waals surface area contributed by atoms with Crippen molar-refractivity contribution < 1.29 is 0 Å². The van der Waals surface area contributed by atoms with Gasteiger partial charge in [0.2, 0.25) is 0 Å². The van der Waals surface area contributed by atoms with Crippen molar-refractivity contribution in [2.24, 2.45) is 27.0 Å². The predicted molar refractivity (Wildman–Crippen MR) is 110 cm³/mol. The van der Waals surface area contributed by atoms with Gasteiger partial charge in [0.15, 0.2) is 0 Å². The molecule has 4 rings (SSSR count). The van der Waals surface area contributed by atoms with E-state index in [4.69, 9.17) is 10.2 Å². The number of hydrazone groups is 2. The van der Waals surface area contributed by atoms with Crippen molar-refractivity contribution in [3.05, 3.63) is 60.7 Å². The Labute approximate surface area is 155 Å². The Morgan fingerprint density at radius 1 is 0.808 bits per heavy atom. The summed E-state index contributed by atoms with van der Waals surface area (Å²) in [6.07, 6.45) is 2.33.